The van der Waals surface area contributed by atoms with Crippen LogP contribution in [0.3, 0.4) is 0 Å². The largest absolute Gasteiger partial charge is 0.482 e. The molecule has 3 aromatic heterocycles. The molecule has 8 nitrogen and oxygen atoms in total. The van der Waals surface area contributed by atoms with E-state index in [0.29, 0.717) is 23.4 Å². The highest BCUT2D eigenvalue weighted by molar-refractivity contribution is 5.75. The van der Waals surface area contributed by atoms with Gasteiger partial charge in [-0.1, -0.05) is 0 Å². The molecule has 0 aliphatic heterocycles. The molecule has 0 spiro atoms. The minimum atomic E-state index is -0.368. The monoisotopic (exact) mass is 258 g/mol. The first-order valence-corrected chi connectivity index (χ1v) is 5.67. The summed E-state index contributed by atoms with van der Waals surface area (Å²) in [6.07, 6.45) is 4.26. The van der Waals surface area contributed by atoms with E-state index < -0.39 is 0 Å². The highest BCUT2D eigenvalue weighted by Crippen LogP contribution is 2.08. The van der Waals surface area contributed by atoms with Gasteiger partial charge in [-0.15, -0.1) is 15.3 Å². The average molecular weight is 258 g/mol. The molecule has 0 amide bonds. The van der Waals surface area contributed by atoms with Crippen LogP contribution in [-0.4, -0.2) is 37.3 Å². The summed E-state index contributed by atoms with van der Waals surface area (Å²) in [4.78, 5) is 16.4. The molecule has 0 aliphatic rings. The van der Waals surface area contributed by atoms with E-state index in [9.17, 15) is 4.79 Å². The van der Waals surface area contributed by atoms with E-state index in [0.717, 1.165) is 4.68 Å². The van der Waals surface area contributed by atoms with E-state index in [-0.39, 0.29) is 5.56 Å². The van der Waals surface area contributed by atoms with Crippen LogP contribution in [0, 0.1) is 0 Å². The van der Waals surface area contributed by atoms with Crippen LogP contribution in [0.5, 0.6) is 0 Å². The molecule has 0 fully saturated rings. The Labute approximate surface area is 107 Å². The van der Waals surface area contributed by atoms with Crippen molar-refractivity contribution in [2.75, 3.05) is 6.61 Å². The van der Waals surface area contributed by atoms with E-state index in [1.807, 2.05) is 6.92 Å². The van der Waals surface area contributed by atoms with Crippen LogP contribution in [0.15, 0.2) is 34.6 Å². The molecule has 8 heteroatoms. The molecule has 96 valence electrons. The van der Waals surface area contributed by atoms with Crippen molar-refractivity contribution in [3.05, 3.63) is 35.0 Å². The summed E-state index contributed by atoms with van der Waals surface area (Å²) in [5.74, 6) is 0.307. The lowest BCUT2D eigenvalue weighted by Crippen LogP contribution is -2.21. The average Bonchev–Trinajstić information content (AvgIpc) is 2.92. The lowest BCUT2D eigenvalue weighted by atomic mass is 10.3. The standard InChI is InChI=1S/C11H10N6O2/c1-2-19-7-14-17-10(18)9-8(4-3-5-12-9)16-6-13-15-11(16)17/h3-7H,2H2,1H3/b14-7+. The van der Waals surface area contributed by atoms with Crippen LogP contribution in [0.4, 0.5) is 0 Å². The quantitative estimate of drug-likeness (QED) is 0.497. The van der Waals surface area contributed by atoms with Crippen molar-refractivity contribution in [3.8, 4) is 0 Å². The van der Waals surface area contributed by atoms with Gasteiger partial charge in [-0.3, -0.25) is 9.20 Å². The summed E-state index contributed by atoms with van der Waals surface area (Å²) >= 11 is 0. The fourth-order valence-corrected chi connectivity index (χ4v) is 1.75. The molecule has 3 rings (SSSR count). The Hall–Kier alpha value is -2.77. The van der Waals surface area contributed by atoms with Gasteiger partial charge in [0.05, 0.1) is 12.1 Å². The normalized spacial score (nSPS) is 11.6. The van der Waals surface area contributed by atoms with Gasteiger partial charge in [-0.25, -0.2) is 4.98 Å². The molecule has 3 aromatic rings. The van der Waals surface area contributed by atoms with E-state index in [4.69, 9.17) is 4.74 Å². The van der Waals surface area contributed by atoms with E-state index in [1.165, 1.54) is 12.7 Å². The highest BCUT2D eigenvalue weighted by Gasteiger charge is 2.12. The molecule has 0 saturated carbocycles. The fraction of sp³-hybridized carbons (Fsp3) is 0.182. The number of hydrogen-bond acceptors (Lipinski definition) is 6. The van der Waals surface area contributed by atoms with Gasteiger partial charge in [0.1, 0.15) is 6.33 Å². The van der Waals surface area contributed by atoms with Crippen LogP contribution < -0.4 is 5.56 Å². The third-order valence-electron chi connectivity index (χ3n) is 2.56. The Morgan fingerprint density at radius 2 is 2.42 bits per heavy atom. The van der Waals surface area contributed by atoms with Crippen molar-refractivity contribution in [3.63, 3.8) is 0 Å². The molecule has 0 bridgehead atoms. The second kappa shape index (κ2) is 4.48. The maximum atomic E-state index is 12.3. The molecule has 0 radical (unpaired) electrons. The third-order valence-corrected chi connectivity index (χ3v) is 2.56. The van der Waals surface area contributed by atoms with Crippen LogP contribution in [0.25, 0.3) is 16.8 Å². The Bertz CT molecular complexity index is 819. The lowest BCUT2D eigenvalue weighted by Gasteiger charge is -2.04. The molecule has 0 atom stereocenters. The maximum absolute atomic E-state index is 12.3. The van der Waals surface area contributed by atoms with Crippen molar-refractivity contribution in [1.82, 2.24) is 24.3 Å². The smallest absolute Gasteiger partial charge is 0.302 e. The predicted molar refractivity (Wildman–Crippen MR) is 68.1 cm³/mol. The second-order valence-corrected chi connectivity index (χ2v) is 3.67. The van der Waals surface area contributed by atoms with E-state index in [1.54, 1.807) is 22.7 Å². The molecular formula is C11H10N6O2. The molecule has 0 aliphatic carbocycles. The number of nitrogens with zero attached hydrogens (tertiary/aromatic N) is 6. The number of pyridine rings is 1. The molecular weight excluding hydrogens is 248 g/mol. The summed E-state index contributed by atoms with van der Waals surface area (Å²) < 4.78 is 7.76. The molecule has 19 heavy (non-hydrogen) atoms. The van der Waals surface area contributed by atoms with Gasteiger partial charge in [-0.2, -0.15) is 4.68 Å². The number of fused-ring (bicyclic) bond motifs is 3. The SMILES string of the molecule is CCO/C=N/n1c(=O)c2ncccc2n2cnnc12. The second-order valence-electron chi connectivity index (χ2n) is 3.67. The van der Waals surface area contributed by atoms with Crippen LogP contribution in [0.2, 0.25) is 0 Å². The number of rotatable bonds is 3. The minimum Gasteiger partial charge on any atom is -0.482 e. The fourth-order valence-electron chi connectivity index (χ4n) is 1.75. The lowest BCUT2D eigenvalue weighted by molar-refractivity contribution is 0.340. The third kappa shape index (κ3) is 1.73. The van der Waals surface area contributed by atoms with Gasteiger partial charge in [-0.05, 0) is 19.1 Å². The van der Waals surface area contributed by atoms with Crippen molar-refractivity contribution >= 4 is 23.2 Å². The maximum Gasteiger partial charge on any atom is 0.302 e. The Kier molecular flexibility index (Phi) is 2.67. The van der Waals surface area contributed by atoms with Crippen LogP contribution >= 0.6 is 0 Å². The molecule has 0 N–H and O–H groups in total. The van der Waals surface area contributed by atoms with Gasteiger partial charge in [0.2, 0.25) is 0 Å². The van der Waals surface area contributed by atoms with Crippen molar-refractivity contribution in [1.29, 1.82) is 0 Å². The van der Waals surface area contributed by atoms with Crippen molar-refractivity contribution in [2.45, 2.75) is 6.92 Å². The summed E-state index contributed by atoms with van der Waals surface area (Å²) in [6, 6.07) is 3.52. The first-order chi connectivity index (χ1) is 9.33. The molecule has 0 saturated heterocycles. The van der Waals surface area contributed by atoms with Gasteiger partial charge in [0.15, 0.2) is 11.9 Å². The number of hydrogen-bond donors (Lipinski definition) is 0. The zero-order valence-electron chi connectivity index (χ0n) is 10.1. The summed E-state index contributed by atoms with van der Waals surface area (Å²) in [5.41, 5.74) is 0.561. The Morgan fingerprint density at radius 1 is 1.53 bits per heavy atom. The molecule has 3 heterocycles. The zero-order valence-corrected chi connectivity index (χ0v) is 10.1. The van der Waals surface area contributed by atoms with Gasteiger partial charge < -0.3 is 4.74 Å². The summed E-state index contributed by atoms with van der Waals surface area (Å²) in [6.45, 7) is 2.29. The van der Waals surface area contributed by atoms with Gasteiger partial charge in [0, 0.05) is 6.20 Å². The Balaban J connectivity index is 2.38. The van der Waals surface area contributed by atoms with Crippen molar-refractivity contribution in [2.24, 2.45) is 5.10 Å². The molecule has 0 aromatic carbocycles. The van der Waals surface area contributed by atoms with Gasteiger partial charge >= 0.3 is 5.56 Å². The highest BCUT2D eigenvalue weighted by atomic mass is 16.5. The van der Waals surface area contributed by atoms with Crippen LogP contribution in [0.1, 0.15) is 6.92 Å². The first-order valence-electron chi connectivity index (χ1n) is 5.67. The number of aromatic nitrogens is 5. The number of ether oxygens (including phenoxy) is 1. The topological polar surface area (TPSA) is 86.7 Å². The predicted octanol–water partition coefficient (Wildman–Crippen LogP) is 0.267. The Morgan fingerprint density at radius 3 is 3.26 bits per heavy atom. The van der Waals surface area contributed by atoms with Crippen molar-refractivity contribution < 1.29 is 4.74 Å². The summed E-state index contributed by atoms with van der Waals surface area (Å²) in [5, 5.41) is 11.6. The minimum absolute atomic E-state index is 0.295. The molecule has 0 unspecified atom stereocenters. The zero-order chi connectivity index (χ0) is 13.2. The van der Waals surface area contributed by atoms with E-state index >= 15 is 0 Å². The van der Waals surface area contributed by atoms with Crippen LogP contribution in [-0.2, 0) is 4.74 Å². The van der Waals surface area contributed by atoms with Gasteiger partial charge in [0.25, 0.3) is 5.78 Å². The summed E-state index contributed by atoms with van der Waals surface area (Å²) in [7, 11) is 0. The van der Waals surface area contributed by atoms with E-state index in [2.05, 4.69) is 20.3 Å². The first kappa shape index (κ1) is 11.3.